The first-order chi connectivity index (χ1) is 17.3. The van der Waals surface area contributed by atoms with E-state index in [4.69, 9.17) is 97.6 Å². The molecule has 0 aromatic rings. The first kappa shape index (κ1) is 38.7. The van der Waals surface area contributed by atoms with Crippen LogP contribution in [-0.2, 0) is 9.53 Å². The van der Waals surface area contributed by atoms with Crippen LogP contribution in [0.15, 0.2) is 0 Å². The molecule has 0 aromatic heterocycles. The quantitative estimate of drug-likeness (QED) is 0.181. The van der Waals surface area contributed by atoms with Gasteiger partial charge in [-0.15, -0.1) is 0 Å². The second-order valence-electron chi connectivity index (χ2n) is 9.42. The summed E-state index contributed by atoms with van der Waals surface area (Å²) in [6, 6.07) is 0. The van der Waals surface area contributed by atoms with Crippen molar-refractivity contribution in [3.05, 3.63) is 0 Å². The lowest BCUT2D eigenvalue weighted by Gasteiger charge is -2.25. The molecule has 3 unspecified atom stereocenters. The molecule has 3 atom stereocenters. The predicted molar refractivity (Wildman–Crippen MR) is 199 cm³/mol. The summed E-state index contributed by atoms with van der Waals surface area (Å²) in [5, 5.41) is 1.64. The fraction of sp³-hybridized carbons (Fsp3) is 0.889. The molecule has 0 bridgehead atoms. The predicted octanol–water partition coefficient (Wildman–Crippen LogP) is -7.79. The summed E-state index contributed by atoms with van der Waals surface area (Å²) in [4.78, 5) is 11.0. The number of carbonyl (C=O) groups excluding carboxylic acids is 1. The maximum absolute atomic E-state index is 11.0. The molecular weight excluding hydrogens is 464 g/mol. The molecule has 3 rings (SSSR count). The van der Waals surface area contributed by atoms with Crippen molar-refractivity contribution in [2.24, 2.45) is 5.92 Å². The van der Waals surface area contributed by atoms with Crippen LogP contribution in [0, 0.1) is 5.92 Å². The van der Waals surface area contributed by atoms with Crippen molar-refractivity contribution in [3.63, 3.8) is 0 Å². The zero-order valence-corrected chi connectivity index (χ0v) is 23.3. The number of hydrogen-bond acceptors (Lipinski definition) is 4. The van der Waals surface area contributed by atoms with Crippen LogP contribution < -0.4 is 0 Å². The molecule has 3 fully saturated rings. The average Bonchev–Trinajstić information content (AvgIpc) is 3.74. The third-order valence-corrected chi connectivity index (χ3v) is 7.81. The summed E-state index contributed by atoms with van der Waals surface area (Å²) in [6.45, 7) is 0.648. The molecule has 0 amide bonds. The van der Waals surface area contributed by atoms with Gasteiger partial charge in [0.1, 0.15) is 14.6 Å². The Morgan fingerprint density at radius 2 is 1.22 bits per heavy atom. The van der Waals surface area contributed by atoms with Crippen LogP contribution in [0.3, 0.4) is 0 Å². The fourth-order valence-corrected chi connectivity index (χ4v) is 4.47. The molecule has 37 heavy (non-hydrogen) atoms. The number of rotatable bonds is 11. The van der Waals surface area contributed by atoms with Gasteiger partial charge in [0.2, 0.25) is 0 Å². The van der Waals surface area contributed by atoms with E-state index in [1.54, 1.807) is 0 Å². The maximum Gasteiger partial charge on any atom is 0.309 e. The Bertz CT molecular complexity index is 553. The van der Waals surface area contributed by atoms with E-state index in [0.717, 1.165) is 22.5 Å². The summed E-state index contributed by atoms with van der Waals surface area (Å²) < 4.78 is 4.87. The molecule has 3 saturated heterocycles. The Morgan fingerprint density at radius 3 is 1.41 bits per heavy atom. The molecule has 3 aliphatic heterocycles. The second-order valence-corrected chi connectivity index (χ2v) is 11.5. The molecule has 3 heterocycles. The minimum atomic E-state index is -0.648. The third kappa shape index (κ3) is 18.7. The number of cyclic esters (lactones) is 1. The summed E-state index contributed by atoms with van der Waals surface area (Å²) in [7, 11) is 69.7. The van der Waals surface area contributed by atoms with Gasteiger partial charge in [0.25, 0.3) is 0 Å². The number of hydrogen-bond donors (Lipinski definition) is 1. The van der Waals surface area contributed by atoms with Crippen LogP contribution >= 0.6 is 24.4 Å². The standard InChI is InChI=1S/C7H11BO2S.C2H5BS.2B11/c9-7-5(1-2-10-7)4-11-6-3-8-6;4-2-1-3-2;2*1-7-10(6)11(8(2)3)9(4)5/h5-6,8H,1-4H2;2-4H,1H2;;. The molecule has 0 aliphatic carbocycles. The van der Waals surface area contributed by atoms with Gasteiger partial charge in [-0.2, -0.15) is 24.4 Å². The molecule has 28 heteroatoms. The van der Waals surface area contributed by atoms with Crippen LogP contribution in [0.4, 0.5) is 0 Å². The summed E-state index contributed by atoms with van der Waals surface area (Å²) in [6.07, 6.45) is -0.650. The highest BCUT2D eigenvalue weighted by atomic mass is 32.2. The summed E-state index contributed by atoms with van der Waals surface area (Å²) in [5.74, 6) is 1.22. The van der Waals surface area contributed by atoms with Crippen LogP contribution in [0.25, 0.3) is 0 Å². The number of ether oxygens (including phenoxy) is 1. The van der Waals surface area contributed by atoms with Gasteiger partial charge >= 0.3 is 5.97 Å². The highest BCUT2D eigenvalue weighted by Crippen LogP contribution is 2.30. The second kappa shape index (κ2) is 21.4. The van der Waals surface area contributed by atoms with Crippen molar-refractivity contribution in [2.75, 3.05) is 12.4 Å². The number of thioether (sulfide) groups is 1. The molecule has 3 aliphatic rings. The number of carbonyl (C=O) groups is 1. The summed E-state index contributed by atoms with van der Waals surface area (Å²) in [5.41, 5.74) is 0. The van der Waals surface area contributed by atoms with E-state index in [1.165, 1.54) is 41.3 Å². The van der Waals surface area contributed by atoms with E-state index in [9.17, 15) is 4.79 Å². The van der Waals surface area contributed by atoms with E-state index in [2.05, 4.69) is 12.6 Å². The Labute approximate surface area is 258 Å². The lowest BCUT2D eigenvalue weighted by Crippen LogP contribution is -2.63. The van der Waals surface area contributed by atoms with Gasteiger partial charge in [0, 0.05) is 164 Å². The van der Waals surface area contributed by atoms with E-state index < -0.39 is 38.3 Å². The van der Waals surface area contributed by atoms with Crippen molar-refractivity contribution in [1.29, 1.82) is 0 Å². The summed E-state index contributed by atoms with van der Waals surface area (Å²) >= 11 is 6.02. The van der Waals surface area contributed by atoms with Gasteiger partial charge in [-0.25, -0.2) is 0 Å². The topological polar surface area (TPSA) is 26.3 Å². The van der Waals surface area contributed by atoms with E-state index in [1.807, 2.05) is 11.8 Å². The lowest BCUT2D eigenvalue weighted by molar-refractivity contribution is -0.140. The van der Waals surface area contributed by atoms with Gasteiger partial charge in [-0.1, -0.05) is 12.6 Å². The number of thiol groups is 1. The van der Waals surface area contributed by atoms with Crippen molar-refractivity contribution in [1.82, 2.24) is 0 Å². The Morgan fingerprint density at radius 1 is 0.838 bits per heavy atom. The van der Waals surface area contributed by atoms with Gasteiger partial charge < -0.3 is 4.74 Å². The highest BCUT2D eigenvalue weighted by molar-refractivity contribution is 8.03. The minimum Gasteiger partial charge on any atom is -0.465 e. The molecule has 0 N–H and O–H groups in total. The van der Waals surface area contributed by atoms with Crippen molar-refractivity contribution in [2.45, 2.75) is 29.4 Å². The van der Waals surface area contributed by atoms with Crippen molar-refractivity contribution in [3.8, 4) is 0 Å². The van der Waals surface area contributed by atoms with Crippen LogP contribution in [0.2, 0.25) is 12.6 Å². The molecule has 2 nitrogen and oxygen atoms in total. The van der Waals surface area contributed by atoms with Crippen LogP contribution in [-0.4, -0.2) is 201 Å². The van der Waals surface area contributed by atoms with Gasteiger partial charge in [0.15, 0.2) is 0 Å². The first-order valence-corrected chi connectivity index (χ1v) is 13.9. The zero-order chi connectivity index (χ0) is 28.7. The fourth-order valence-electron chi connectivity index (χ4n) is 3.05. The molecule has 0 saturated carbocycles. The van der Waals surface area contributed by atoms with Gasteiger partial charge in [0.05, 0.1) is 12.5 Å². The molecule has 148 valence electrons. The molecule has 26 radical (unpaired) electrons. The highest BCUT2D eigenvalue weighted by Gasteiger charge is 2.31. The number of esters is 1. The Kier molecular flexibility index (Phi) is 22.4. The van der Waals surface area contributed by atoms with E-state index in [-0.39, 0.29) is 24.7 Å². The van der Waals surface area contributed by atoms with Crippen molar-refractivity contribution < 1.29 is 9.53 Å². The van der Waals surface area contributed by atoms with Gasteiger partial charge in [-0.3, -0.25) is 4.79 Å². The van der Waals surface area contributed by atoms with E-state index >= 15 is 0 Å². The molecule has 0 spiro atoms. The monoisotopic (exact) mass is 484 g/mol. The SMILES string of the molecule is O=C1OCCC1CSC1BC1.SC1BC1.[B][B]B([B])B(B([B])[B])B([B])[B].[B][B]B([B])B(B([B])[B])B([B])[B]. The third-order valence-electron chi connectivity index (χ3n) is 5.76. The van der Waals surface area contributed by atoms with Crippen LogP contribution in [0.5, 0.6) is 0 Å². The van der Waals surface area contributed by atoms with Crippen LogP contribution in [0.1, 0.15) is 6.42 Å². The van der Waals surface area contributed by atoms with Gasteiger partial charge in [-0.05, 0) is 16.7 Å². The smallest absolute Gasteiger partial charge is 0.309 e. The lowest BCUT2D eigenvalue weighted by atomic mass is 8.56. The minimum absolute atomic E-state index is 0.0261. The average molecular weight is 480 g/mol. The molecule has 0 aromatic carbocycles. The normalized spacial score (nSPS) is 19.4. The Balaban J connectivity index is 0.000000487. The van der Waals surface area contributed by atoms with Crippen molar-refractivity contribution >= 4 is 203 Å². The van der Waals surface area contributed by atoms with E-state index in [0.29, 0.717) is 6.61 Å². The molecular formula is C9H16B24O2S2. The zero-order valence-electron chi connectivity index (χ0n) is 21.6. The first-order valence-electron chi connectivity index (χ1n) is 12.4. The maximum atomic E-state index is 11.0. The Hall–Kier alpha value is 1.73. The largest absolute Gasteiger partial charge is 0.465 e.